The van der Waals surface area contributed by atoms with Crippen molar-refractivity contribution in [3.8, 4) is 11.5 Å². The number of halogens is 2. The Kier molecular flexibility index (Phi) is 5.59. The molecule has 0 saturated heterocycles. The van der Waals surface area contributed by atoms with Crippen molar-refractivity contribution in [2.45, 2.75) is 6.61 Å². The van der Waals surface area contributed by atoms with Gasteiger partial charge in [0.1, 0.15) is 18.1 Å². The van der Waals surface area contributed by atoms with Gasteiger partial charge >= 0.3 is 5.97 Å². The van der Waals surface area contributed by atoms with Crippen molar-refractivity contribution in [2.75, 3.05) is 0 Å². The molecule has 0 bridgehead atoms. The molecule has 3 rings (SSSR count). The molecule has 0 aliphatic carbocycles. The predicted molar refractivity (Wildman–Crippen MR) is 98.6 cm³/mol. The fourth-order valence-corrected chi connectivity index (χ4v) is 2.56. The molecule has 5 heteroatoms. The molecule has 0 N–H and O–H groups in total. The summed E-state index contributed by atoms with van der Waals surface area (Å²) in [6.07, 6.45) is 0. The number of para-hydroxylation sites is 2. The van der Waals surface area contributed by atoms with Gasteiger partial charge in [0.15, 0.2) is 0 Å². The van der Waals surface area contributed by atoms with E-state index in [2.05, 4.69) is 0 Å². The molecule has 3 aromatic carbocycles. The average molecular weight is 373 g/mol. The number of carbonyl (C=O) groups excluding carboxylic acids is 1. The average Bonchev–Trinajstić information content (AvgIpc) is 2.63. The highest BCUT2D eigenvalue weighted by Crippen LogP contribution is 2.25. The molecular formula is C20H14Cl2O3. The maximum absolute atomic E-state index is 12.3. The van der Waals surface area contributed by atoms with Crippen LogP contribution < -0.4 is 9.47 Å². The van der Waals surface area contributed by atoms with Crippen LogP contribution in [0.25, 0.3) is 0 Å². The van der Waals surface area contributed by atoms with E-state index >= 15 is 0 Å². The third-order valence-corrected chi connectivity index (χ3v) is 4.06. The summed E-state index contributed by atoms with van der Waals surface area (Å²) >= 11 is 12.1. The van der Waals surface area contributed by atoms with Crippen LogP contribution in [0, 0.1) is 0 Å². The molecule has 0 aliphatic heterocycles. The minimum atomic E-state index is -0.479. The van der Waals surface area contributed by atoms with Gasteiger partial charge in [0.05, 0.1) is 15.6 Å². The van der Waals surface area contributed by atoms with Gasteiger partial charge in [0, 0.05) is 0 Å². The van der Waals surface area contributed by atoms with E-state index in [1.807, 2.05) is 18.2 Å². The minimum absolute atomic E-state index is 0.289. The Morgan fingerprint density at radius 1 is 0.800 bits per heavy atom. The van der Waals surface area contributed by atoms with Gasteiger partial charge in [-0.15, -0.1) is 0 Å². The zero-order valence-corrected chi connectivity index (χ0v) is 14.6. The lowest BCUT2D eigenvalue weighted by molar-refractivity contribution is 0.0734. The Labute approximate surface area is 155 Å². The van der Waals surface area contributed by atoms with Crippen LogP contribution >= 0.6 is 23.2 Å². The van der Waals surface area contributed by atoms with Crippen LogP contribution in [-0.4, -0.2) is 5.97 Å². The smallest absolute Gasteiger partial charge is 0.343 e. The van der Waals surface area contributed by atoms with Gasteiger partial charge in [-0.25, -0.2) is 4.79 Å². The van der Waals surface area contributed by atoms with Gasteiger partial charge in [-0.3, -0.25) is 0 Å². The van der Waals surface area contributed by atoms with Crippen molar-refractivity contribution < 1.29 is 14.3 Å². The highest BCUT2D eigenvalue weighted by atomic mass is 35.5. The lowest BCUT2D eigenvalue weighted by Crippen LogP contribution is -2.09. The highest BCUT2D eigenvalue weighted by Gasteiger charge is 2.11. The Morgan fingerprint density at radius 3 is 2.12 bits per heavy atom. The summed E-state index contributed by atoms with van der Waals surface area (Å²) in [5, 5.41) is 0.922. The number of hydrogen-bond acceptors (Lipinski definition) is 3. The van der Waals surface area contributed by atoms with Crippen LogP contribution in [0.15, 0.2) is 72.8 Å². The van der Waals surface area contributed by atoms with Gasteiger partial charge in [0.25, 0.3) is 0 Å². The van der Waals surface area contributed by atoms with E-state index in [0.717, 1.165) is 5.56 Å². The van der Waals surface area contributed by atoms with Gasteiger partial charge < -0.3 is 9.47 Å². The number of rotatable bonds is 5. The third kappa shape index (κ3) is 4.53. The second kappa shape index (κ2) is 8.06. The normalized spacial score (nSPS) is 10.3. The lowest BCUT2D eigenvalue weighted by atomic mass is 10.1. The van der Waals surface area contributed by atoms with E-state index in [-0.39, 0.29) is 6.61 Å². The molecule has 0 radical (unpaired) electrons. The first-order chi connectivity index (χ1) is 12.1. The maximum Gasteiger partial charge on any atom is 0.343 e. The summed E-state index contributed by atoms with van der Waals surface area (Å²) < 4.78 is 11.0. The molecular weight excluding hydrogens is 359 g/mol. The first-order valence-electron chi connectivity index (χ1n) is 7.56. The number of benzene rings is 3. The fourth-order valence-electron chi connectivity index (χ4n) is 2.20. The van der Waals surface area contributed by atoms with E-state index in [1.54, 1.807) is 54.6 Å². The maximum atomic E-state index is 12.3. The van der Waals surface area contributed by atoms with Gasteiger partial charge in [-0.05, 0) is 42.0 Å². The SMILES string of the molecule is O=C(Oc1ccccc1Cl)c1cccc(COc2ccccc2Cl)c1. The molecule has 0 fully saturated rings. The number of hydrogen-bond donors (Lipinski definition) is 0. The highest BCUT2D eigenvalue weighted by molar-refractivity contribution is 6.32. The quantitative estimate of drug-likeness (QED) is 0.419. The zero-order valence-electron chi connectivity index (χ0n) is 13.1. The Hall–Kier alpha value is -2.49. The van der Waals surface area contributed by atoms with E-state index < -0.39 is 5.97 Å². The summed E-state index contributed by atoms with van der Waals surface area (Å²) in [5.41, 5.74) is 1.24. The predicted octanol–water partition coefficient (Wildman–Crippen LogP) is 5.79. The monoisotopic (exact) mass is 372 g/mol. The molecule has 0 aromatic heterocycles. The molecule has 0 saturated carbocycles. The summed E-state index contributed by atoms with van der Waals surface area (Å²) in [4.78, 5) is 12.3. The van der Waals surface area contributed by atoms with Crippen molar-refractivity contribution in [2.24, 2.45) is 0 Å². The first-order valence-corrected chi connectivity index (χ1v) is 8.32. The van der Waals surface area contributed by atoms with Crippen LogP contribution in [0.4, 0.5) is 0 Å². The van der Waals surface area contributed by atoms with Crippen molar-refractivity contribution in [1.82, 2.24) is 0 Å². The molecule has 0 atom stereocenters. The van der Waals surface area contributed by atoms with Gasteiger partial charge in [0.2, 0.25) is 0 Å². The summed E-state index contributed by atoms with van der Waals surface area (Å²) in [7, 11) is 0. The van der Waals surface area contributed by atoms with E-state index in [0.29, 0.717) is 27.1 Å². The number of ether oxygens (including phenoxy) is 2. The van der Waals surface area contributed by atoms with Crippen molar-refractivity contribution in [3.05, 3.63) is 94.0 Å². The van der Waals surface area contributed by atoms with Crippen molar-refractivity contribution in [3.63, 3.8) is 0 Å². The topological polar surface area (TPSA) is 35.5 Å². The molecule has 0 unspecified atom stereocenters. The van der Waals surface area contributed by atoms with Crippen LogP contribution in [0.1, 0.15) is 15.9 Å². The standard InChI is InChI=1S/C20H14Cl2O3/c21-16-8-1-3-10-18(16)24-13-14-6-5-7-15(12-14)20(23)25-19-11-4-2-9-17(19)22/h1-12H,13H2. The summed E-state index contributed by atoms with van der Waals surface area (Å²) in [6.45, 7) is 0.289. The summed E-state index contributed by atoms with van der Waals surface area (Å²) in [6, 6.07) is 21.1. The van der Waals surface area contributed by atoms with Crippen molar-refractivity contribution >= 4 is 29.2 Å². The summed E-state index contributed by atoms with van der Waals surface area (Å²) in [5.74, 6) is 0.438. The van der Waals surface area contributed by atoms with Crippen LogP contribution in [-0.2, 0) is 6.61 Å². The van der Waals surface area contributed by atoms with Crippen molar-refractivity contribution in [1.29, 1.82) is 0 Å². The van der Waals surface area contributed by atoms with E-state index in [4.69, 9.17) is 32.7 Å². The molecule has 0 amide bonds. The molecule has 0 spiro atoms. The first kappa shape index (κ1) is 17.3. The van der Waals surface area contributed by atoms with E-state index in [9.17, 15) is 4.79 Å². The van der Waals surface area contributed by atoms with Gasteiger partial charge in [-0.1, -0.05) is 59.6 Å². The molecule has 3 aromatic rings. The second-order valence-corrected chi connectivity index (χ2v) is 6.05. The van der Waals surface area contributed by atoms with Gasteiger partial charge in [-0.2, -0.15) is 0 Å². The lowest BCUT2D eigenvalue weighted by Gasteiger charge is -2.09. The molecule has 3 nitrogen and oxygen atoms in total. The van der Waals surface area contributed by atoms with Crippen LogP contribution in [0.2, 0.25) is 10.0 Å². The van der Waals surface area contributed by atoms with E-state index in [1.165, 1.54) is 0 Å². The fraction of sp³-hybridized carbons (Fsp3) is 0.0500. The molecule has 25 heavy (non-hydrogen) atoms. The largest absolute Gasteiger partial charge is 0.487 e. The third-order valence-electron chi connectivity index (χ3n) is 3.43. The Bertz CT molecular complexity index is 893. The Morgan fingerprint density at radius 2 is 1.44 bits per heavy atom. The minimum Gasteiger partial charge on any atom is -0.487 e. The molecule has 0 aliphatic rings. The molecule has 0 heterocycles. The zero-order chi connectivity index (χ0) is 17.6. The van der Waals surface area contributed by atoms with Crippen LogP contribution in [0.3, 0.4) is 0 Å². The number of carbonyl (C=O) groups is 1. The second-order valence-electron chi connectivity index (χ2n) is 5.24. The molecule has 126 valence electrons. The Balaban J connectivity index is 1.70. The van der Waals surface area contributed by atoms with Crippen LogP contribution in [0.5, 0.6) is 11.5 Å². The number of esters is 1.